The van der Waals surface area contributed by atoms with Crippen molar-refractivity contribution in [2.75, 3.05) is 13.1 Å². The molecule has 1 aliphatic heterocycles. The molecule has 0 radical (unpaired) electrons. The molecule has 3 N–H and O–H groups in total. The monoisotopic (exact) mass is 277 g/mol. The number of nitrogens with zero attached hydrogens (tertiary/aromatic N) is 3. The predicted octanol–water partition coefficient (Wildman–Crippen LogP) is 1.72. The van der Waals surface area contributed by atoms with E-state index in [9.17, 15) is 0 Å². The summed E-state index contributed by atoms with van der Waals surface area (Å²) in [6.07, 6.45) is 13.0. The van der Waals surface area contributed by atoms with Crippen LogP contribution in [-0.4, -0.2) is 33.1 Å². The zero-order valence-electron chi connectivity index (χ0n) is 12.5. The molecule has 1 saturated heterocycles. The van der Waals surface area contributed by atoms with Crippen LogP contribution < -0.4 is 11.3 Å². The second-order valence-electron chi connectivity index (χ2n) is 6.35. The molecule has 20 heavy (non-hydrogen) atoms. The summed E-state index contributed by atoms with van der Waals surface area (Å²) < 4.78 is 2.11. The normalized spacial score (nSPS) is 24.9. The van der Waals surface area contributed by atoms with Gasteiger partial charge in [0.25, 0.3) is 0 Å². The number of nitrogens with one attached hydrogen (secondary N) is 1. The number of piperidine rings is 1. The summed E-state index contributed by atoms with van der Waals surface area (Å²) in [5, 5.41) is 0. The Bertz CT molecular complexity index is 429. The molecule has 1 aliphatic carbocycles. The van der Waals surface area contributed by atoms with Gasteiger partial charge >= 0.3 is 0 Å². The minimum Gasteiger partial charge on any atom is -0.337 e. The van der Waals surface area contributed by atoms with Crippen molar-refractivity contribution >= 4 is 0 Å². The van der Waals surface area contributed by atoms with Gasteiger partial charge in [-0.1, -0.05) is 19.3 Å². The largest absolute Gasteiger partial charge is 0.337 e. The Morgan fingerprint density at radius 2 is 1.90 bits per heavy atom. The second kappa shape index (κ2) is 5.84. The highest BCUT2D eigenvalue weighted by atomic mass is 15.3. The highest BCUT2D eigenvalue weighted by Gasteiger charge is 2.47. The Labute approximate surface area is 121 Å². The predicted molar refractivity (Wildman–Crippen MR) is 79.9 cm³/mol. The number of hydrogen-bond donors (Lipinski definition) is 2. The molecule has 0 spiro atoms. The zero-order valence-corrected chi connectivity index (χ0v) is 12.5. The van der Waals surface area contributed by atoms with Crippen LogP contribution in [0.3, 0.4) is 0 Å². The van der Waals surface area contributed by atoms with E-state index in [0.29, 0.717) is 0 Å². The smallest absolute Gasteiger partial charge is 0.128 e. The SMILES string of the molecule is Cn1ccnc1C(NN)C1(N2CCCCC2)CCCC1. The van der Waals surface area contributed by atoms with Gasteiger partial charge in [-0.25, -0.2) is 10.4 Å². The van der Waals surface area contributed by atoms with Gasteiger partial charge in [-0.05, 0) is 38.8 Å². The van der Waals surface area contributed by atoms with Crippen LogP contribution in [0.2, 0.25) is 0 Å². The van der Waals surface area contributed by atoms with E-state index in [4.69, 9.17) is 5.84 Å². The number of hydrogen-bond acceptors (Lipinski definition) is 4. The molecular formula is C15H27N5. The van der Waals surface area contributed by atoms with Crippen molar-refractivity contribution < 1.29 is 0 Å². The Balaban J connectivity index is 1.93. The summed E-state index contributed by atoms with van der Waals surface area (Å²) in [6, 6.07) is 0.128. The van der Waals surface area contributed by atoms with Crippen molar-refractivity contribution in [2.45, 2.75) is 56.5 Å². The molecule has 0 aromatic carbocycles. The fourth-order valence-electron chi connectivity index (χ4n) is 4.24. The van der Waals surface area contributed by atoms with Crippen molar-refractivity contribution in [2.24, 2.45) is 12.9 Å². The van der Waals surface area contributed by atoms with Crippen molar-refractivity contribution in [3.05, 3.63) is 18.2 Å². The van der Waals surface area contributed by atoms with Crippen molar-refractivity contribution in [3.63, 3.8) is 0 Å². The van der Waals surface area contributed by atoms with Crippen LogP contribution in [0.4, 0.5) is 0 Å². The highest BCUT2D eigenvalue weighted by Crippen LogP contribution is 2.44. The van der Waals surface area contributed by atoms with E-state index in [1.807, 2.05) is 12.4 Å². The number of likely N-dealkylation sites (tertiary alicyclic amines) is 1. The Hall–Kier alpha value is -0.910. The lowest BCUT2D eigenvalue weighted by Gasteiger charge is -2.47. The van der Waals surface area contributed by atoms with E-state index in [1.54, 1.807) is 0 Å². The summed E-state index contributed by atoms with van der Waals surface area (Å²) in [5.41, 5.74) is 3.26. The average molecular weight is 277 g/mol. The first-order valence-electron chi connectivity index (χ1n) is 7.96. The first-order valence-corrected chi connectivity index (χ1v) is 7.96. The maximum atomic E-state index is 5.97. The summed E-state index contributed by atoms with van der Waals surface area (Å²) >= 11 is 0. The number of rotatable bonds is 4. The van der Waals surface area contributed by atoms with Gasteiger partial charge in [-0.15, -0.1) is 0 Å². The van der Waals surface area contributed by atoms with Gasteiger partial charge in [-0.3, -0.25) is 10.7 Å². The summed E-state index contributed by atoms with van der Waals surface area (Å²) in [4.78, 5) is 7.26. The van der Waals surface area contributed by atoms with Crippen LogP contribution in [0.15, 0.2) is 12.4 Å². The van der Waals surface area contributed by atoms with Crippen molar-refractivity contribution in [3.8, 4) is 0 Å². The summed E-state index contributed by atoms with van der Waals surface area (Å²) in [7, 11) is 2.06. The van der Waals surface area contributed by atoms with Crippen LogP contribution in [0.25, 0.3) is 0 Å². The molecular weight excluding hydrogens is 250 g/mol. The van der Waals surface area contributed by atoms with Gasteiger partial charge in [0.2, 0.25) is 0 Å². The average Bonchev–Trinajstić information content (AvgIpc) is 3.12. The van der Waals surface area contributed by atoms with E-state index in [0.717, 1.165) is 5.82 Å². The van der Waals surface area contributed by atoms with E-state index in [1.165, 1.54) is 58.0 Å². The van der Waals surface area contributed by atoms with Crippen LogP contribution in [0.5, 0.6) is 0 Å². The molecule has 1 unspecified atom stereocenters. The number of nitrogens with two attached hydrogens (primary N) is 1. The number of aryl methyl sites for hydroxylation is 1. The van der Waals surface area contributed by atoms with Gasteiger partial charge < -0.3 is 4.57 Å². The van der Waals surface area contributed by atoms with E-state index in [-0.39, 0.29) is 11.6 Å². The molecule has 1 atom stereocenters. The lowest BCUT2D eigenvalue weighted by molar-refractivity contribution is 0.0325. The maximum Gasteiger partial charge on any atom is 0.128 e. The Kier molecular flexibility index (Phi) is 4.10. The number of aromatic nitrogens is 2. The molecule has 1 aromatic heterocycles. The van der Waals surface area contributed by atoms with E-state index < -0.39 is 0 Å². The van der Waals surface area contributed by atoms with Gasteiger partial charge in [-0.2, -0.15) is 0 Å². The third kappa shape index (κ3) is 2.28. The third-order valence-electron chi connectivity index (χ3n) is 5.28. The molecule has 1 aromatic rings. The Morgan fingerprint density at radius 1 is 1.20 bits per heavy atom. The molecule has 112 valence electrons. The molecule has 1 saturated carbocycles. The zero-order chi connectivity index (χ0) is 14.0. The minimum atomic E-state index is 0.128. The lowest BCUT2D eigenvalue weighted by atomic mass is 9.84. The molecule has 0 amide bonds. The fourth-order valence-corrected chi connectivity index (χ4v) is 4.24. The first kappa shape index (κ1) is 14.0. The van der Waals surface area contributed by atoms with Crippen LogP contribution >= 0.6 is 0 Å². The summed E-state index contributed by atoms with van der Waals surface area (Å²) in [6.45, 7) is 2.42. The number of hydrazine groups is 1. The van der Waals surface area contributed by atoms with E-state index in [2.05, 4.69) is 26.9 Å². The van der Waals surface area contributed by atoms with Gasteiger partial charge in [0.05, 0.1) is 6.04 Å². The Morgan fingerprint density at radius 3 is 2.45 bits per heavy atom. The maximum absolute atomic E-state index is 5.97. The van der Waals surface area contributed by atoms with Crippen molar-refractivity contribution in [1.82, 2.24) is 19.9 Å². The molecule has 2 fully saturated rings. The molecule has 2 heterocycles. The minimum absolute atomic E-state index is 0.128. The van der Waals surface area contributed by atoms with Crippen molar-refractivity contribution in [1.29, 1.82) is 0 Å². The molecule has 2 aliphatic rings. The molecule has 3 rings (SSSR count). The van der Waals surface area contributed by atoms with Gasteiger partial charge in [0.1, 0.15) is 5.82 Å². The van der Waals surface area contributed by atoms with Gasteiger partial charge in [0, 0.05) is 25.0 Å². The van der Waals surface area contributed by atoms with Crippen LogP contribution in [0.1, 0.15) is 56.8 Å². The highest BCUT2D eigenvalue weighted by molar-refractivity contribution is 5.13. The standard InChI is InChI=1S/C15H27N5/c1-19-12-9-17-14(19)13(18-16)15(7-3-4-8-15)20-10-5-2-6-11-20/h9,12-13,18H,2-8,10-11,16H2,1H3. The van der Waals surface area contributed by atoms with Crippen LogP contribution in [0, 0.1) is 0 Å². The van der Waals surface area contributed by atoms with E-state index >= 15 is 0 Å². The molecule has 0 bridgehead atoms. The topological polar surface area (TPSA) is 59.1 Å². The lowest BCUT2D eigenvalue weighted by Crippen LogP contribution is -2.58. The van der Waals surface area contributed by atoms with Gasteiger partial charge in [0.15, 0.2) is 0 Å². The first-order chi connectivity index (χ1) is 9.78. The van der Waals surface area contributed by atoms with Crippen LogP contribution in [-0.2, 0) is 7.05 Å². The molecule has 5 nitrogen and oxygen atoms in total. The molecule has 5 heteroatoms. The third-order valence-corrected chi connectivity index (χ3v) is 5.28. The summed E-state index contributed by atoms with van der Waals surface area (Å²) in [5.74, 6) is 7.04. The quantitative estimate of drug-likeness (QED) is 0.650. The number of imidazole rings is 1. The second-order valence-corrected chi connectivity index (χ2v) is 6.35. The fraction of sp³-hybridized carbons (Fsp3) is 0.800.